The minimum absolute atomic E-state index is 0.138. The quantitative estimate of drug-likeness (QED) is 0.374. The number of nitrogens with zero attached hydrogens (tertiary/aromatic N) is 2. The lowest BCUT2D eigenvalue weighted by Crippen LogP contribution is -2.32. The summed E-state index contributed by atoms with van der Waals surface area (Å²) in [5, 5.41) is 4.83. The highest BCUT2D eigenvalue weighted by Gasteiger charge is 2.45. The molecule has 3 aromatic rings. The van der Waals surface area contributed by atoms with E-state index in [1.165, 1.54) is 6.33 Å². The fourth-order valence-electron chi connectivity index (χ4n) is 3.84. The molecule has 2 fully saturated rings. The van der Waals surface area contributed by atoms with E-state index in [0.29, 0.717) is 57.2 Å². The standard InChI is InChI=1S/C22H18Cl3N3O4/c1-10-7-30-21-17(8-31-20(10)21)32-16-6-14-11(5-15(16)29-2)22(27-9-26-14)28-13-4-3-12(23)18(24)19(13)25/h3-6,9,17,20-21H,1,7-8H2,2H3,(H,26,27,28)/t17-,20?,21?/m1/s1. The normalized spacial score (nSPS) is 22.2. The van der Waals surface area contributed by atoms with Gasteiger partial charge in [-0.05, 0) is 23.8 Å². The molecule has 7 nitrogen and oxygen atoms in total. The number of aromatic nitrogens is 2. The second kappa shape index (κ2) is 8.57. The van der Waals surface area contributed by atoms with Gasteiger partial charge in [-0.25, -0.2) is 9.97 Å². The number of benzene rings is 2. The van der Waals surface area contributed by atoms with Crippen molar-refractivity contribution in [3.05, 3.63) is 57.8 Å². The summed E-state index contributed by atoms with van der Waals surface area (Å²) in [4.78, 5) is 8.74. The smallest absolute Gasteiger partial charge is 0.164 e. The van der Waals surface area contributed by atoms with Gasteiger partial charge in [0.05, 0.1) is 46.6 Å². The number of halogens is 3. The summed E-state index contributed by atoms with van der Waals surface area (Å²) < 4.78 is 23.4. The molecule has 2 aliphatic rings. The van der Waals surface area contributed by atoms with Crippen molar-refractivity contribution in [2.75, 3.05) is 25.6 Å². The zero-order valence-corrected chi connectivity index (χ0v) is 19.2. The molecule has 0 spiro atoms. The van der Waals surface area contributed by atoms with Gasteiger partial charge in [-0.2, -0.15) is 0 Å². The molecule has 0 amide bonds. The zero-order valence-electron chi connectivity index (χ0n) is 16.9. The van der Waals surface area contributed by atoms with E-state index in [1.807, 2.05) is 0 Å². The maximum absolute atomic E-state index is 6.34. The molecule has 1 aromatic heterocycles. The maximum atomic E-state index is 6.34. The highest BCUT2D eigenvalue weighted by atomic mass is 35.5. The molecule has 2 saturated heterocycles. The Hall–Kier alpha value is -2.29. The largest absolute Gasteiger partial charge is 0.493 e. The van der Waals surface area contributed by atoms with Crippen molar-refractivity contribution in [1.29, 1.82) is 0 Å². The van der Waals surface area contributed by atoms with E-state index >= 15 is 0 Å². The van der Waals surface area contributed by atoms with Crippen LogP contribution in [0.1, 0.15) is 0 Å². The van der Waals surface area contributed by atoms with Gasteiger partial charge in [-0.1, -0.05) is 41.4 Å². The molecule has 5 rings (SSSR count). The Morgan fingerprint density at radius 2 is 1.94 bits per heavy atom. The summed E-state index contributed by atoms with van der Waals surface area (Å²) in [6, 6.07) is 6.99. The van der Waals surface area contributed by atoms with Gasteiger partial charge in [0.25, 0.3) is 0 Å². The Bertz CT molecular complexity index is 1220. The van der Waals surface area contributed by atoms with Gasteiger partial charge in [0.1, 0.15) is 24.4 Å². The highest BCUT2D eigenvalue weighted by molar-refractivity contribution is 6.49. The predicted octanol–water partition coefficient (Wildman–Crippen LogP) is 5.44. The molecule has 0 radical (unpaired) electrons. The lowest BCUT2D eigenvalue weighted by Gasteiger charge is -2.20. The van der Waals surface area contributed by atoms with E-state index in [1.54, 1.807) is 31.4 Å². The molecule has 1 N–H and O–H groups in total. The molecule has 3 atom stereocenters. The molecule has 2 aromatic carbocycles. The Kier molecular flexibility index (Phi) is 5.77. The van der Waals surface area contributed by atoms with Crippen LogP contribution in [-0.4, -0.2) is 48.6 Å². The predicted molar refractivity (Wildman–Crippen MR) is 124 cm³/mol. The van der Waals surface area contributed by atoms with Crippen molar-refractivity contribution in [2.45, 2.75) is 18.3 Å². The Morgan fingerprint density at radius 3 is 2.75 bits per heavy atom. The Labute approximate surface area is 199 Å². The topological polar surface area (TPSA) is 74.7 Å². The first-order chi connectivity index (χ1) is 15.5. The fraction of sp³-hybridized carbons (Fsp3) is 0.273. The van der Waals surface area contributed by atoms with Crippen molar-refractivity contribution in [3.8, 4) is 11.5 Å². The molecular formula is C22H18Cl3N3O4. The maximum Gasteiger partial charge on any atom is 0.164 e. The first-order valence-electron chi connectivity index (χ1n) is 9.77. The van der Waals surface area contributed by atoms with Crippen molar-refractivity contribution in [2.24, 2.45) is 0 Å². The second-order valence-corrected chi connectivity index (χ2v) is 8.60. The lowest BCUT2D eigenvalue weighted by molar-refractivity contribution is 0.0303. The minimum Gasteiger partial charge on any atom is -0.493 e. The van der Waals surface area contributed by atoms with Gasteiger partial charge in [0.15, 0.2) is 17.6 Å². The molecule has 2 aliphatic heterocycles. The van der Waals surface area contributed by atoms with E-state index < -0.39 is 0 Å². The number of hydrogen-bond acceptors (Lipinski definition) is 7. The van der Waals surface area contributed by atoms with E-state index in [4.69, 9.17) is 53.8 Å². The molecule has 0 saturated carbocycles. The number of nitrogens with one attached hydrogen (secondary N) is 1. The first-order valence-corrected chi connectivity index (χ1v) is 10.9. The number of methoxy groups -OCH3 is 1. The van der Waals surface area contributed by atoms with Crippen LogP contribution in [-0.2, 0) is 9.47 Å². The van der Waals surface area contributed by atoms with Crippen LogP contribution in [0.2, 0.25) is 15.1 Å². The van der Waals surface area contributed by atoms with Gasteiger partial charge < -0.3 is 24.3 Å². The molecular weight excluding hydrogens is 477 g/mol. The number of ether oxygens (including phenoxy) is 4. The van der Waals surface area contributed by atoms with E-state index in [2.05, 4.69) is 21.9 Å². The number of hydrogen-bond donors (Lipinski definition) is 1. The Balaban J connectivity index is 1.48. The summed E-state index contributed by atoms with van der Waals surface area (Å²) in [7, 11) is 1.57. The molecule has 32 heavy (non-hydrogen) atoms. The minimum atomic E-state index is -0.278. The SMILES string of the molecule is C=C1COC2C1OC[C@H]2Oc1cc2ncnc(Nc3ccc(Cl)c(Cl)c3Cl)c2cc1OC. The van der Waals surface area contributed by atoms with Crippen LogP contribution in [0.4, 0.5) is 11.5 Å². The summed E-state index contributed by atoms with van der Waals surface area (Å²) in [6.07, 6.45) is 0.841. The van der Waals surface area contributed by atoms with Crippen LogP contribution in [0, 0.1) is 0 Å². The molecule has 0 bridgehead atoms. The van der Waals surface area contributed by atoms with Gasteiger partial charge in [-0.15, -0.1) is 0 Å². The third-order valence-corrected chi connectivity index (χ3v) is 6.75. The van der Waals surface area contributed by atoms with Crippen molar-refractivity contribution in [1.82, 2.24) is 9.97 Å². The Morgan fingerprint density at radius 1 is 1.09 bits per heavy atom. The summed E-state index contributed by atoms with van der Waals surface area (Å²) in [5.41, 5.74) is 2.14. The van der Waals surface area contributed by atoms with Crippen molar-refractivity contribution in [3.63, 3.8) is 0 Å². The van der Waals surface area contributed by atoms with Gasteiger partial charge >= 0.3 is 0 Å². The number of anilines is 2. The molecule has 10 heteroatoms. The van der Waals surface area contributed by atoms with Crippen LogP contribution in [0.3, 0.4) is 0 Å². The van der Waals surface area contributed by atoms with Crippen LogP contribution in [0.5, 0.6) is 11.5 Å². The van der Waals surface area contributed by atoms with Crippen molar-refractivity contribution < 1.29 is 18.9 Å². The van der Waals surface area contributed by atoms with E-state index in [-0.39, 0.29) is 23.3 Å². The van der Waals surface area contributed by atoms with Crippen LogP contribution in [0.15, 0.2) is 42.7 Å². The molecule has 0 aliphatic carbocycles. The fourth-order valence-corrected chi connectivity index (χ4v) is 4.43. The molecule has 166 valence electrons. The van der Waals surface area contributed by atoms with Crippen LogP contribution < -0.4 is 14.8 Å². The zero-order chi connectivity index (χ0) is 22.4. The molecule has 3 heterocycles. The van der Waals surface area contributed by atoms with Crippen molar-refractivity contribution >= 4 is 57.2 Å². The van der Waals surface area contributed by atoms with Gasteiger partial charge in [-0.3, -0.25) is 0 Å². The summed E-state index contributed by atoms with van der Waals surface area (Å²) in [5.74, 6) is 1.59. The van der Waals surface area contributed by atoms with Crippen LogP contribution >= 0.6 is 34.8 Å². The molecule has 2 unspecified atom stereocenters. The number of fused-ring (bicyclic) bond motifs is 2. The summed E-state index contributed by atoms with van der Waals surface area (Å²) in [6.45, 7) is 4.87. The van der Waals surface area contributed by atoms with Gasteiger partial charge in [0.2, 0.25) is 0 Å². The second-order valence-electron chi connectivity index (χ2n) is 7.43. The average molecular weight is 495 g/mol. The average Bonchev–Trinajstić information content (AvgIpc) is 3.37. The first kappa shape index (κ1) is 21.6. The monoisotopic (exact) mass is 493 g/mol. The summed E-state index contributed by atoms with van der Waals surface area (Å²) >= 11 is 18.5. The third-order valence-electron chi connectivity index (χ3n) is 5.46. The van der Waals surface area contributed by atoms with Crippen LogP contribution in [0.25, 0.3) is 10.9 Å². The van der Waals surface area contributed by atoms with Gasteiger partial charge in [0, 0.05) is 11.5 Å². The third kappa shape index (κ3) is 3.74. The van der Waals surface area contributed by atoms with E-state index in [9.17, 15) is 0 Å². The number of rotatable bonds is 5. The highest BCUT2D eigenvalue weighted by Crippen LogP contribution is 2.40. The lowest BCUT2D eigenvalue weighted by atomic mass is 10.1. The van der Waals surface area contributed by atoms with E-state index in [0.717, 1.165) is 5.57 Å².